The van der Waals surface area contributed by atoms with Crippen LogP contribution >= 0.6 is 0 Å². The van der Waals surface area contributed by atoms with E-state index in [2.05, 4.69) is 19.2 Å². The summed E-state index contributed by atoms with van der Waals surface area (Å²) in [6.45, 7) is 5.18. The first kappa shape index (κ1) is 13.6. The van der Waals surface area contributed by atoms with E-state index in [0.717, 1.165) is 23.6 Å². The number of hydrogen-bond acceptors (Lipinski definition) is 3. The van der Waals surface area contributed by atoms with Gasteiger partial charge in [-0.15, -0.1) is 0 Å². The highest BCUT2D eigenvalue weighted by Crippen LogP contribution is 2.34. The minimum Gasteiger partial charge on any atom is -0.496 e. The Morgan fingerprint density at radius 2 is 1.47 bits per heavy atom. The largest absolute Gasteiger partial charge is 0.496 e. The van der Waals surface area contributed by atoms with E-state index in [4.69, 9.17) is 14.2 Å². The summed E-state index contributed by atoms with van der Waals surface area (Å²) in [5, 5.41) is 2.24. The SMILES string of the molecule is COc1cc(OC)c(OC)cc1C[NH2+]C(C)C. The van der Waals surface area contributed by atoms with Gasteiger partial charge in [-0.3, -0.25) is 0 Å². The van der Waals surface area contributed by atoms with Crippen LogP contribution < -0.4 is 19.5 Å². The zero-order valence-corrected chi connectivity index (χ0v) is 11.2. The van der Waals surface area contributed by atoms with Crippen molar-refractivity contribution in [2.75, 3.05) is 21.3 Å². The van der Waals surface area contributed by atoms with Gasteiger partial charge >= 0.3 is 0 Å². The molecule has 0 amide bonds. The predicted molar refractivity (Wildman–Crippen MR) is 66.9 cm³/mol. The summed E-state index contributed by atoms with van der Waals surface area (Å²) in [5.41, 5.74) is 1.11. The fraction of sp³-hybridized carbons (Fsp3) is 0.538. The van der Waals surface area contributed by atoms with Crippen LogP contribution in [0.2, 0.25) is 0 Å². The molecule has 1 aromatic carbocycles. The molecule has 0 bridgehead atoms. The maximum absolute atomic E-state index is 5.36. The van der Waals surface area contributed by atoms with E-state index in [0.29, 0.717) is 11.8 Å². The molecular weight excluding hydrogens is 218 g/mol. The maximum Gasteiger partial charge on any atom is 0.164 e. The summed E-state index contributed by atoms with van der Waals surface area (Å²) in [6, 6.07) is 4.38. The molecule has 0 atom stereocenters. The summed E-state index contributed by atoms with van der Waals surface area (Å²) in [7, 11) is 4.93. The smallest absolute Gasteiger partial charge is 0.164 e. The van der Waals surface area contributed by atoms with Crippen LogP contribution in [0.25, 0.3) is 0 Å². The molecule has 4 nitrogen and oxygen atoms in total. The first-order valence-corrected chi connectivity index (χ1v) is 5.74. The standard InChI is InChI=1S/C13H21NO3/c1-9(2)14-8-10-6-12(16-4)13(17-5)7-11(10)15-3/h6-7,9,14H,8H2,1-5H3/p+1. The minimum atomic E-state index is 0.549. The summed E-state index contributed by atoms with van der Waals surface area (Å²) in [6.07, 6.45) is 0. The fourth-order valence-electron chi connectivity index (χ4n) is 1.61. The monoisotopic (exact) mass is 240 g/mol. The van der Waals surface area contributed by atoms with E-state index < -0.39 is 0 Å². The van der Waals surface area contributed by atoms with Crippen LogP contribution in [-0.4, -0.2) is 27.4 Å². The van der Waals surface area contributed by atoms with Crippen LogP contribution in [0.15, 0.2) is 12.1 Å². The fourth-order valence-corrected chi connectivity index (χ4v) is 1.61. The highest BCUT2D eigenvalue weighted by molar-refractivity contribution is 5.50. The zero-order chi connectivity index (χ0) is 12.8. The quantitative estimate of drug-likeness (QED) is 0.812. The minimum absolute atomic E-state index is 0.549. The van der Waals surface area contributed by atoms with Crippen molar-refractivity contribution in [3.63, 3.8) is 0 Å². The average molecular weight is 240 g/mol. The highest BCUT2D eigenvalue weighted by Gasteiger charge is 2.13. The molecule has 0 aliphatic rings. The molecule has 1 rings (SSSR count). The van der Waals surface area contributed by atoms with Crippen molar-refractivity contribution < 1.29 is 19.5 Å². The van der Waals surface area contributed by atoms with Crippen LogP contribution in [0, 0.1) is 0 Å². The molecule has 0 aliphatic heterocycles. The molecule has 0 radical (unpaired) electrons. The van der Waals surface area contributed by atoms with E-state index in [9.17, 15) is 0 Å². The van der Waals surface area contributed by atoms with Crippen molar-refractivity contribution in [2.24, 2.45) is 0 Å². The maximum atomic E-state index is 5.36. The molecule has 0 aliphatic carbocycles. The molecule has 0 saturated carbocycles. The Labute approximate surface area is 103 Å². The summed E-state index contributed by atoms with van der Waals surface area (Å²) >= 11 is 0. The molecule has 4 heteroatoms. The van der Waals surface area contributed by atoms with Gasteiger partial charge in [-0.2, -0.15) is 0 Å². The Balaban J connectivity index is 3.01. The van der Waals surface area contributed by atoms with E-state index in [-0.39, 0.29) is 0 Å². The van der Waals surface area contributed by atoms with Gasteiger partial charge in [-0.1, -0.05) is 0 Å². The van der Waals surface area contributed by atoms with Crippen LogP contribution in [0.3, 0.4) is 0 Å². The van der Waals surface area contributed by atoms with Crippen molar-refractivity contribution in [2.45, 2.75) is 26.4 Å². The van der Waals surface area contributed by atoms with Crippen LogP contribution in [0.1, 0.15) is 19.4 Å². The van der Waals surface area contributed by atoms with Crippen LogP contribution in [0.4, 0.5) is 0 Å². The number of benzene rings is 1. The Kier molecular flexibility index (Phi) is 5.10. The van der Waals surface area contributed by atoms with Gasteiger partial charge in [0.2, 0.25) is 0 Å². The van der Waals surface area contributed by atoms with Gasteiger partial charge in [-0.05, 0) is 19.9 Å². The topological polar surface area (TPSA) is 44.3 Å². The second kappa shape index (κ2) is 6.35. The molecule has 0 aromatic heterocycles. The van der Waals surface area contributed by atoms with Crippen molar-refractivity contribution in [3.05, 3.63) is 17.7 Å². The molecule has 1 aromatic rings. The number of rotatable bonds is 6. The third-order valence-corrected chi connectivity index (χ3v) is 2.60. The van der Waals surface area contributed by atoms with Crippen molar-refractivity contribution in [1.82, 2.24) is 0 Å². The van der Waals surface area contributed by atoms with Gasteiger partial charge < -0.3 is 19.5 Å². The number of quaternary nitrogens is 1. The van der Waals surface area contributed by atoms with E-state index in [1.165, 1.54) is 0 Å². The second-order valence-corrected chi connectivity index (χ2v) is 4.20. The van der Waals surface area contributed by atoms with Gasteiger partial charge in [0.05, 0.1) is 32.9 Å². The lowest BCUT2D eigenvalue weighted by molar-refractivity contribution is -0.698. The van der Waals surface area contributed by atoms with Crippen LogP contribution in [-0.2, 0) is 6.54 Å². The Morgan fingerprint density at radius 3 is 1.94 bits per heavy atom. The number of hydrogen-bond donors (Lipinski definition) is 1. The summed E-state index contributed by atoms with van der Waals surface area (Å²) in [4.78, 5) is 0. The van der Waals surface area contributed by atoms with Crippen molar-refractivity contribution in [3.8, 4) is 17.2 Å². The highest BCUT2D eigenvalue weighted by atomic mass is 16.5. The molecule has 17 heavy (non-hydrogen) atoms. The third-order valence-electron chi connectivity index (χ3n) is 2.60. The van der Waals surface area contributed by atoms with Crippen molar-refractivity contribution in [1.29, 1.82) is 0 Å². The lowest BCUT2D eigenvalue weighted by Gasteiger charge is -2.14. The molecule has 0 fully saturated rings. The molecule has 0 spiro atoms. The van der Waals surface area contributed by atoms with E-state index in [1.54, 1.807) is 21.3 Å². The predicted octanol–water partition coefficient (Wildman–Crippen LogP) is 1.18. The number of methoxy groups -OCH3 is 3. The molecule has 0 saturated heterocycles. The normalized spacial score (nSPS) is 10.5. The van der Waals surface area contributed by atoms with Gasteiger partial charge in [0.15, 0.2) is 11.5 Å². The van der Waals surface area contributed by atoms with Crippen LogP contribution in [0.5, 0.6) is 17.2 Å². The molecule has 96 valence electrons. The first-order valence-electron chi connectivity index (χ1n) is 5.74. The first-order chi connectivity index (χ1) is 8.12. The third kappa shape index (κ3) is 3.53. The molecular formula is C13H22NO3+. The van der Waals surface area contributed by atoms with Gasteiger partial charge in [0, 0.05) is 6.07 Å². The Morgan fingerprint density at radius 1 is 0.941 bits per heavy atom. The van der Waals surface area contributed by atoms with Gasteiger partial charge in [0.25, 0.3) is 0 Å². The molecule has 0 unspecified atom stereocenters. The lowest BCUT2D eigenvalue weighted by atomic mass is 10.1. The lowest BCUT2D eigenvalue weighted by Crippen LogP contribution is -2.86. The van der Waals surface area contributed by atoms with Crippen molar-refractivity contribution >= 4 is 0 Å². The van der Waals surface area contributed by atoms with E-state index >= 15 is 0 Å². The van der Waals surface area contributed by atoms with E-state index in [1.807, 2.05) is 12.1 Å². The molecule has 2 N–H and O–H groups in total. The molecule has 0 heterocycles. The zero-order valence-electron chi connectivity index (χ0n) is 11.2. The number of ether oxygens (including phenoxy) is 3. The summed E-state index contributed by atoms with van der Waals surface area (Å²) in [5.74, 6) is 2.26. The van der Waals surface area contributed by atoms with Gasteiger partial charge in [-0.25, -0.2) is 0 Å². The Bertz CT molecular complexity index is 364. The summed E-state index contributed by atoms with van der Waals surface area (Å²) < 4.78 is 15.9. The second-order valence-electron chi connectivity index (χ2n) is 4.20. The Hall–Kier alpha value is -1.42. The van der Waals surface area contributed by atoms with Gasteiger partial charge in [0.1, 0.15) is 12.3 Å². The number of nitrogens with two attached hydrogens (primary N) is 1. The average Bonchev–Trinajstić information content (AvgIpc) is 2.34.